The second-order valence-electron chi connectivity index (χ2n) is 4.14. The smallest absolute Gasteiger partial charge is 0.137 e. The molecule has 2 rings (SSSR count). The van der Waals surface area contributed by atoms with E-state index in [9.17, 15) is 4.39 Å². The largest absolute Gasteiger partial charge is 0.384 e. The van der Waals surface area contributed by atoms with E-state index in [1.165, 1.54) is 6.07 Å². The molecule has 0 atom stereocenters. The molecule has 0 saturated heterocycles. The Morgan fingerprint density at radius 3 is 2.68 bits per heavy atom. The van der Waals surface area contributed by atoms with Crippen molar-refractivity contribution in [3.8, 4) is 0 Å². The molecule has 1 aromatic heterocycles. The van der Waals surface area contributed by atoms with Gasteiger partial charge < -0.3 is 10.6 Å². The number of halogens is 2. The fraction of sp³-hybridized carbons (Fsp3) is 0.214. The minimum absolute atomic E-state index is 0.276. The first-order chi connectivity index (χ1) is 9.19. The molecule has 0 fully saturated rings. The highest BCUT2D eigenvalue weighted by Gasteiger charge is 2.02. The Morgan fingerprint density at radius 2 is 1.95 bits per heavy atom. The van der Waals surface area contributed by atoms with Gasteiger partial charge in [-0.2, -0.15) is 0 Å². The lowest BCUT2D eigenvalue weighted by Gasteiger charge is -2.09. The van der Waals surface area contributed by atoms with Gasteiger partial charge in [0.1, 0.15) is 5.82 Å². The highest BCUT2D eigenvalue weighted by molar-refractivity contribution is 9.10. The maximum Gasteiger partial charge on any atom is 0.137 e. The highest BCUT2D eigenvalue weighted by atomic mass is 79.9. The van der Waals surface area contributed by atoms with E-state index >= 15 is 0 Å². The maximum atomic E-state index is 13.1. The minimum atomic E-state index is -0.276. The first-order valence-electron chi connectivity index (χ1n) is 6.10. The summed E-state index contributed by atoms with van der Waals surface area (Å²) in [5.74, 6) is -0.276. The molecule has 1 aromatic carbocycles. The summed E-state index contributed by atoms with van der Waals surface area (Å²) < 4.78 is 13.6. The Bertz CT molecular complexity index is 560. The molecule has 100 valence electrons. The molecule has 0 aliphatic carbocycles. The zero-order valence-corrected chi connectivity index (χ0v) is 12.2. The summed E-state index contributed by atoms with van der Waals surface area (Å²) in [6, 6.07) is 6.77. The summed E-state index contributed by atoms with van der Waals surface area (Å²) in [7, 11) is 0. The quantitative estimate of drug-likeness (QED) is 0.847. The Labute approximate surface area is 120 Å². The monoisotopic (exact) mass is 323 g/mol. The lowest BCUT2D eigenvalue weighted by Crippen LogP contribution is -2.01. The van der Waals surface area contributed by atoms with Gasteiger partial charge in [-0.3, -0.25) is 4.98 Å². The number of nitrogens with one attached hydrogen (secondary N) is 2. The third kappa shape index (κ3) is 3.92. The van der Waals surface area contributed by atoms with Crippen molar-refractivity contribution in [1.29, 1.82) is 0 Å². The van der Waals surface area contributed by atoms with Crippen LogP contribution in [0.25, 0.3) is 0 Å². The molecular formula is C14H15BrFN3. The number of pyridine rings is 1. The van der Waals surface area contributed by atoms with Crippen molar-refractivity contribution < 1.29 is 4.39 Å². The first-order valence-corrected chi connectivity index (χ1v) is 6.89. The van der Waals surface area contributed by atoms with Crippen LogP contribution in [0.4, 0.5) is 21.5 Å². The van der Waals surface area contributed by atoms with Crippen LogP contribution in [-0.2, 0) is 0 Å². The van der Waals surface area contributed by atoms with Gasteiger partial charge in [-0.25, -0.2) is 4.39 Å². The van der Waals surface area contributed by atoms with Crippen LogP contribution < -0.4 is 10.6 Å². The summed E-state index contributed by atoms with van der Waals surface area (Å²) >= 11 is 3.17. The van der Waals surface area contributed by atoms with E-state index in [4.69, 9.17) is 0 Å². The Hall–Kier alpha value is -1.62. The fourth-order valence-electron chi connectivity index (χ4n) is 1.61. The summed E-state index contributed by atoms with van der Waals surface area (Å²) in [4.78, 5) is 4.16. The molecule has 0 saturated carbocycles. The van der Waals surface area contributed by atoms with Crippen LogP contribution in [0, 0.1) is 5.82 Å². The number of nitrogens with zero attached hydrogens (tertiary/aromatic N) is 1. The van der Waals surface area contributed by atoms with Crippen molar-refractivity contribution in [2.45, 2.75) is 13.3 Å². The topological polar surface area (TPSA) is 37.0 Å². The average Bonchev–Trinajstić information content (AvgIpc) is 2.41. The van der Waals surface area contributed by atoms with Gasteiger partial charge in [0.05, 0.1) is 28.2 Å². The molecule has 2 aromatic rings. The minimum Gasteiger partial charge on any atom is -0.384 e. The zero-order valence-electron chi connectivity index (χ0n) is 10.6. The molecule has 3 nitrogen and oxygen atoms in total. The number of benzene rings is 1. The molecule has 19 heavy (non-hydrogen) atoms. The van der Waals surface area contributed by atoms with Gasteiger partial charge in [0.25, 0.3) is 0 Å². The van der Waals surface area contributed by atoms with Crippen molar-refractivity contribution in [3.63, 3.8) is 0 Å². The third-order valence-corrected chi connectivity index (χ3v) is 3.13. The number of hydrogen-bond donors (Lipinski definition) is 2. The van der Waals surface area contributed by atoms with Crippen molar-refractivity contribution in [2.24, 2.45) is 0 Å². The van der Waals surface area contributed by atoms with E-state index < -0.39 is 0 Å². The van der Waals surface area contributed by atoms with E-state index in [0.717, 1.165) is 30.0 Å². The molecule has 0 radical (unpaired) electrons. The lowest BCUT2D eigenvalue weighted by atomic mass is 10.3. The predicted molar refractivity (Wildman–Crippen MR) is 80.4 cm³/mol. The summed E-state index contributed by atoms with van der Waals surface area (Å²) in [6.45, 7) is 3.02. The van der Waals surface area contributed by atoms with Crippen LogP contribution in [0.2, 0.25) is 0 Å². The molecular weight excluding hydrogens is 309 g/mol. The molecule has 0 spiro atoms. The highest BCUT2D eigenvalue weighted by Crippen LogP contribution is 2.23. The van der Waals surface area contributed by atoms with E-state index in [0.29, 0.717) is 4.47 Å². The number of rotatable bonds is 5. The molecule has 5 heteroatoms. The van der Waals surface area contributed by atoms with Gasteiger partial charge in [-0.05, 0) is 46.6 Å². The van der Waals surface area contributed by atoms with Gasteiger partial charge >= 0.3 is 0 Å². The lowest BCUT2D eigenvalue weighted by molar-refractivity contribution is 0.621. The van der Waals surface area contributed by atoms with Crippen LogP contribution in [-0.4, -0.2) is 11.5 Å². The summed E-state index contributed by atoms with van der Waals surface area (Å²) in [5, 5.41) is 6.46. The average molecular weight is 324 g/mol. The van der Waals surface area contributed by atoms with Crippen LogP contribution >= 0.6 is 15.9 Å². The molecule has 0 aliphatic rings. The SMILES string of the molecule is CCCNc1cncc(Nc2ccc(F)c(Br)c2)c1. The van der Waals surface area contributed by atoms with Gasteiger partial charge in [-0.15, -0.1) is 0 Å². The molecule has 0 bridgehead atoms. The van der Waals surface area contributed by atoms with Crippen LogP contribution in [0.15, 0.2) is 41.1 Å². The second kappa shape index (κ2) is 6.52. The molecule has 1 heterocycles. The Kier molecular flexibility index (Phi) is 4.74. The standard InChI is InChI=1S/C14H15BrFN3/c1-2-5-18-11-6-12(9-17-8-11)19-10-3-4-14(16)13(15)7-10/h3-4,6-9,18-19H,2,5H2,1H3. The maximum absolute atomic E-state index is 13.1. The second-order valence-corrected chi connectivity index (χ2v) is 5.00. The predicted octanol–water partition coefficient (Wildman–Crippen LogP) is 4.55. The van der Waals surface area contributed by atoms with Crippen LogP contribution in [0.1, 0.15) is 13.3 Å². The van der Waals surface area contributed by atoms with Crippen molar-refractivity contribution in [3.05, 3.63) is 46.9 Å². The van der Waals surface area contributed by atoms with Gasteiger partial charge in [0.15, 0.2) is 0 Å². The van der Waals surface area contributed by atoms with Gasteiger partial charge in [0, 0.05) is 12.2 Å². The van der Waals surface area contributed by atoms with Crippen molar-refractivity contribution >= 4 is 33.0 Å². The van der Waals surface area contributed by atoms with Crippen LogP contribution in [0.3, 0.4) is 0 Å². The Morgan fingerprint density at radius 1 is 1.16 bits per heavy atom. The Balaban J connectivity index is 2.11. The van der Waals surface area contributed by atoms with Crippen LogP contribution in [0.5, 0.6) is 0 Å². The van der Waals surface area contributed by atoms with Crippen molar-refractivity contribution in [1.82, 2.24) is 4.98 Å². The van der Waals surface area contributed by atoms with E-state index in [-0.39, 0.29) is 5.82 Å². The van der Waals surface area contributed by atoms with E-state index in [1.807, 2.05) is 6.07 Å². The molecule has 2 N–H and O–H groups in total. The van der Waals surface area contributed by atoms with Gasteiger partial charge in [0.2, 0.25) is 0 Å². The normalized spacial score (nSPS) is 10.3. The van der Waals surface area contributed by atoms with Gasteiger partial charge in [-0.1, -0.05) is 6.92 Å². The van der Waals surface area contributed by atoms with E-state index in [1.54, 1.807) is 24.5 Å². The third-order valence-electron chi connectivity index (χ3n) is 2.53. The van der Waals surface area contributed by atoms with Crippen molar-refractivity contribution in [2.75, 3.05) is 17.2 Å². The molecule has 0 aliphatic heterocycles. The summed E-state index contributed by atoms with van der Waals surface area (Å²) in [5.41, 5.74) is 2.63. The number of aromatic nitrogens is 1. The fourth-order valence-corrected chi connectivity index (χ4v) is 1.99. The van der Waals surface area contributed by atoms with E-state index in [2.05, 4.69) is 38.5 Å². The zero-order chi connectivity index (χ0) is 13.7. The first kappa shape index (κ1) is 13.8. The number of hydrogen-bond acceptors (Lipinski definition) is 3. The molecule has 0 unspecified atom stereocenters. The molecule has 0 amide bonds. The number of anilines is 3. The summed E-state index contributed by atoms with van der Waals surface area (Å²) in [6.07, 6.45) is 4.57.